The van der Waals surface area contributed by atoms with E-state index in [1.165, 1.54) is 12.8 Å². The largest absolute Gasteiger partial charge is 0.355 e. The van der Waals surface area contributed by atoms with Crippen LogP contribution in [0.3, 0.4) is 0 Å². The van der Waals surface area contributed by atoms with Crippen molar-refractivity contribution in [2.75, 3.05) is 23.3 Å². The standard InChI is InChI=1S/C15H17N3OS/c19-14(11-12-5-4-10-20-12)17-13-6-3-7-16-15(13)18-8-1-2-9-18/h3-7,10H,1-2,8-9,11H2,(H,17,19). The molecule has 1 saturated heterocycles. The first kappa shape index (κ1) is 13.1. The molecule has 5 heteroatoms. The predicted molar refractivity (Wildman–Crippen MR) is 82.3 cm³/mol. The fourth-order valence-corrected chi connectivity index (χ4v) is 3.14. The Hall–Kier alpha value is -1.88. The van der Waals surface area contributed by atoms with E-state index in [0.717, 1.165) is 29.5 Å². The molecule has 1 aliphatic heterocycles. The molecule has 0 aromatic carbocycles. The number of amides is 1. The molecule has 1 N–H and O–H groups in total. The van der Waals surface area contributed by atoms with Crippen LogP contribution in [-0.2, 0) is 11.2 Å². The molecule has 104 valence electrons. The summed E-state index contributed by atoms with van der Waals surface area (Å²) in [5, 5.41) is 4.98. The maximum Gasteiger partial charge on any atom is 0.229 e. The lowest BCUT2D eigenvalue weighted by Gasteiger charge is -2.19. The first-order valence-corrected chi connectivity index (χ1v) is 7.73. The van der Waals surface area contributed by atoms with Crippen molar-refractivity contribution in [3.05, 3.63) is 40.7 Å². The quantitative estimate of drug-likeness (QED) is 0.940. The summed E-state index contributed by atoms with van der Waals surface area (Å²) in [6.07, 6.45) is 4.59. The summed E-state index contributed by atoms with van der Waals surface area (Å²) in [7, 11) is 0. The van der Waals surface area contributed by atoms with Crippen LogP contribution in [0.15, 0.2) is 35.8 Å². The van der Waals surface area contributed by atoms with E-state index in [0.29, 0.717) is 6.42 Å². The lowest BCUT2D eigenvalue weighted by molar-refractivity contribution is -0.115. The van der Waals surface area contributed by atoms with Crippen LogP contribution in [-0.4, -0.2) is 24.0 Å². The van der Waals surface area contributed by atoms with E-state index in [9.17, 15) is 4.79 Å². The molecule has 3 rings (SSSR count). The molecule has 2 aromatic heterocycles. The Morgan fingerprint density at radius 1 is 1.30 bits per heavy atom. The van der Waals surface area contributed by atoms with E-state index < -0.39 is 0 Å². The SMILES string of the molecule is O=C(Cc1cccs1)Nc1cccnc1N1CCCC1. The fraction of sp³-hybridized carbons (Fsp3) is 0.333. The number of anilines is 2. The van der Waals surface area contributed by atoms with Gasteiger partial charge in [-0.2, -0.15) is 0 Å². The normalized spacial score (nSPS) is 14.5. The average molecular weight is 287 g/mol. The zero-order valence-electron chi connectivity index (χ0n) is 11.2. The van der Waals surface area contributed by atoms with Gasteiger partial charge < -0.3 is 10.2 Å². The van der Waals surface area contributed by atoms with Crippen LogP contribution in [0.5, 0.6) is 0 Å². The predicted octanol–water partition coefficient (Wildman–Crippen LogP) is 2.92. The molecule has 4 nitrogen and oxygen atoms in total. The number of aromatic nitrogens is 1. The van der Waals surface area contributed by atoms with Crippen LogP contribution < -0.4 is 10.2 Å². The Kier molecular flexibility index (Phi) is 3.97. The van der Waals surface area contributed by atoms with Gasteiger partial charge in [-0.15, -0.1) is 11.3 Å². The smallest absolute Gasteiger partial charge is 0.229 e. The van der Waals surface area contributed by atoms with Gasteiger partial charge in [-0.05, 0) is 36.4 Å². The third-order valence-corrected chi connectivity index (χ3v) is 4.26. The van der Waals surface area contributed by atoms with Gasteiger partial charge in [0.1, 0.15) is 0 Å². The van der Waals surface area contributed by atoms with Crippen molar-refractivity contribution in [2.24, 2.45) is 0 Å². The van der Waals surface area contributed by atoms with Crippen LogP contribution in [0, 0.1) is 0 Å². The van der Waals surface area contributed by atoms with Crippen molar-refractivity contribution in [1.29, 1.82) is 0 Å². The first-order valence-electron chi connectivity index (χ1n) is 6.85. The van der Waals surface area contributed by atoms with Crippen LogP contribution in [0.2, 0.25) is 0 Å². The molecule has 2 aromatic rings. The molecule has 1 aliphatic rings. The average Bonchev–Trinajstić information content (AvgIpc) is 3.11. The van der Waals surface area contributed by atoms with E-state index in [4.69, 9.17) is 0 Å². The molecule has 1 amide bonds. The minimum Gasteiger partial charge on any atom is -0.355 e. The van der Waals surface area contributed by atoms with Crippen molar-refractivity contribution in [3.8, 4) is 0 Å². The number of carbonyl (C=O) groups is 1. The van der Waals surface area contributed by atoms with E-state index in [2.05, 4.69) is 15.2 Å². The monoisotopic (exact) mass is 287 g/mol. The van der Waals surface area contributed by atoms with E-state index in [1.54, 1.807) is 17.5 Å². The molecular weight excluding hydrogens is 270 g/mol. The zero-order chi connectivity index (χ0) is 13.8. The van der Waals surface area contributed by atoms with Gasteiger partial charge >= 0.3 is 0 Å². The summed E-state index contributed by atoms with van der Waals surface area (Å²) in [5.41, 5.74) is 0.816. The van der Waals surface area contributed by atoms with Crippen molar-refractivity contribution in [2.45, 2.75) is 19.3 Å². The summed E-state index contributed by atoms with van der Waals surface area (Å²) < 4.78 is 0. The van der Waals surface area contributed by atoms with Gasteiger partial charge in [-0.1, -0.05) is 6.07 Å². The Morgan fingerprint density at radius 2 is 2.15 bits per heavy atom. The minimum absolute atomic E-state index is 0.0147. The van der Waals surface area contributed by atoms with Crippen LogP contribution in [0.4, 0.5) is 11.5 Å². The number of nitrogens with one attached hydrogen (secondary N) is 1. The lowest BCUT2D eigenvalue weighted by atomic mass is 10.3. The van der Waals surface area contributed by atoms with Crippen molar-refractivity contribution < 1.29 is 4.79 Å². The summed E-state index contributed by atoms with van der Waals surface area (Å²) in [6, 6.07) is 7.73. The molecule has 0 unspecified atom stereocenters. The molecular formula is C15H17N3OS. The number of nitrogens with zero attached hydrogens (tertiary/aromatic N) is 2. The van der Waals surface area contributed by atoms with Gasteiger partial charge in [0.05, 0.1) is 12.1 Å². The van der Waals surface area contributed by atoms with Crippen LogP contribution in [0.1, 0.15) is 17.7 Å². The van der Waals surface area contributed by atoms with Gasteiger partial charge in [0.25, 0.3) is 0 Å². The number of hydrogen-bond acceptors (Lipinski definition) is 4. The topological polar surface area (TPSA) is 45.2 Å². The fourth-order valence-electron chi connectivity index (χ4n) is 2.44. The number of carbonyl (C=O) groups excluding carboxylic acids is 1. The van der Waals surface area contributed by atoms with E-state index in [1.807, 2.05) is 29.6 Å². The Bertz CT molecular complexity index is 577. The maximum absolute atomic E-state index is 12.1. The second-order valence-electron chi connectivity index (χ2n) is 4.87. The third-order valence-electron chi connectivity index (χ3n) is 3.38. The van der Waals surface area contributed by atoms with Crippen molar-refractivity contribution in [3.63, 3.8) is 0 Å². The number of rotatable bonds is 4. The second kappa shape index (κ2) is 6.05. The van der Waals surface area contributed by atoms with E-state index in [-0.39, 0.29) is 5.91 Å². The molecule has 3 heterocycles. The summed E-state index contributed by atoms with van der Waals surface area (Å²) in [5.74, 6) is 0.908. The Morgan fingerprint density at radius 3 is 2.90 bits per heavy atom. The van der Waals surface area contributed by atoms with Gasteiger partial charge in [-0.25, -0.2) is 4.98 Å². The van der Waals surface area contributed by atoms with Crippen molar-refractivity contribution in [1.82, 2.24) is 4.98 Å². The molecule has 0 radical (unpaired) electrons. The number of hydrogen-bond donors (Lipinski definition) is 1. The second-order valence-corrected chi connectivity index (χ2v) is 5.91. The highest BCUT2D eigenvalue weighted by atomic mass is 32.1. The summed E-state index contributed by atoms with van der Waals surface area (Å²) in [4.78, 5) is 19.8. The maximum atomic E-state index is 12.1. The number of pyridine rings is 1. The number of thiophene rings is 1. The molecule has 0 saturated carbocycles. The van der Waals surface area contributed by atoms with Gasteiger partial charge in [0.15, 0.2) is 5.82 Å². The Labute approximate surface area is 122 Å². The zero-order valence-corrected chi connectivity index (χ0v) is 12.0. The van der Waals surface area contributed by atoms with Gasteiger partial charge in [0, 0.05) is 24.2 Å². The molecule has 0 aliphatic carbocycles. The summed E-state index contributed by atoms with van der Waals surface area (Å²) in [6.45, 7) is 2.04. The van der Waals surface area contributed by atoms with Crippen LogP contribution >= 0.6 is 11.3 Å². The first-order chi connectivity index (χ1) is 9.83. The molecule has 1 fully saturated rings. The third kappa shape index (κ3) is 2.99. The molecule has 20 heavy (non-hydrogen) atoms. The van der Waals surface area contributed by atoms with Crippen LogP contribution in [0.25, 0.3) is 0 Å². The molecule has 0 spiro atoms. The highest BCUT2D eigenvalue weighted by molar-refractivity contribution is 7.10. The van der Waals surface area contributed by atoms with Crippen molar-refractivity contribution >= 4 is 28.7 Å². The minimum atomic E-state index is 0.0147. The lowest BCUT2D eigenvalue weighted by Crippen LogP contribution is -2.22. The summed E-state index contributed by atoms with van der Waals surface area (Å²) >= 11 is 1.60. The molecule has 0 atom stereocenters. The van der Waals surface area contributed by atoms with Gasteiger partial charge in [-0.3, -0.25) is 4.79 Å². The highest BCUT2D eigenvalue weighted by Crippen LogP contribution is 2.26. The van der Waals surface area contributed by atoms with E-state index >= 15 is 0 Å². The highest BCUT2D eigenvalue weighted by Gasteiger charge is 2.17. The molecule has 0 bridgehead atoms. The van der Waals surface area contributed by atoms with Gasteiger partial charge in [0.2, 0.25) is 5.91 Å². The Balaban J connectivity index is 1.71.